The first kappa shape index (κ1) is 21.3. The van der Waals surface area contributed by atoms with Crippen LogP contribution < -0.4 is 19.1 Å². The molecule has 4 rings (SSSR count). The van der Waals surface area contributed by atoms with Crippen molar-refractivity contribution < 1.29 is 23.8 Å². The van der Waals surface area contributed by atoms with Crippen molar-refractivity contribution in [1.29, 1.82) is 0 Å². The van der Waals surface area contributed by atoms with E-state index in [0.717, 1.165) is 17.5 Å². The molecule has 31 heavy (non-hydrogen) atoms. The van der Waals surface area contributed by atoms with Crippen molar-refractivity contribution >= 4 is 29.1 Å². The summed E-state index contributed by atoms with van der Waals surface area (Å²) in [6.07, 6.45) is 0.928. The van der Waals surface area contributed by atoms with Gasteiger partial charge in [-0.15, -0.1) is 0 Å². The van der Waals surface area contributed by atoms with E-state index in [0.29, 0.717) is 47.6 Å². The van der Waals surface area contributed by atoms with Crippen molar-refractivity contribution in [2.45, 2.75) is 19.4 Å². The van der Waals surface area contributed by atoms with E-state index in [2.05, 4.69) is 0 Å². The van der Waals surface area contributed by atoms with E-state index < -0.39 is 0 Å². The van der Waals surface area contributed by atoms with Crippen molar-refractivity contribution in [3.05, 3.63) is 46.5 Å². The topological polar surface area (TPSA) is 68.3 Å². The van der Waals surface area contributed by atoms with Crippen LogP contribution in [0.3, 0.4) is 0 Å². The number of anilines is 1. The van der Waals surface area contributed by atoms with E-state index in [1.54, 1.807) is 44.4 Å². The molecule has 7 nitrogen and oxygen atoms in total. The maximum absolute atomic E-state index is 13.2. The number of hydrogen-bond acceptors (Lipinski definition) is 5. The van der Waals surface area contributed by atoms with Crippen molar-refractivity contribution in [1.82, 2.24) is 4.90 Å². The molecule has 1 fully saturated rings. The Bertz CT molecular complexity index is 1030. The molecule has 8 heteroatoms. The minimum absolute atomic E-state index is 0.00380. The lowest BCUT2D eigenvalue weighted by atomic mass is 9.97. The maximum Gasteiger partial charge on any atom is 0.228 e. The highest BCUT2D eigenvalue weighted by Crippen LogP contribution is 2.35. The van der Waals surface area contributed by atoms with E-state index in [9.17, 15) is 9.59 Å². The molecule has 2 aliphatic heterocycles. The molecule has 0 aliphatic carbocycles. The van der Waals surface area contributed by atoms with Crippen molar-refractivity contribution in [2.75, 3.05) is 39.3 Å². The highest BCUT2D eigenvalue weighted by atomic mass is 35.5. The van der Waals surface area contributed by atoms with Gasteiger partial charge in [0.05, 0.1) is 32.3 Å². The molecular formula is C23H25ClN2O5. The monoisotopic (exact) mass is 444 g/mol. The molecule has 2 aromatic rings. The summed E-state index contributed by atoms with van der Waals surface area (Å²) in [5, 5.41) is 0.430. The van der Waals surface area contributed by atoms with Gasteiger partial charge in [-0.25, -0.2) is 0 Å². The van der Waals surface area contributed by atoms with Crippen LogP contribution in [0.5, 0.6) is 17.2 Å². The van der Waals surface area contributed by atoms with Gasteiger partial charge in [-0.1, -0.05) is 11.6 Å². The van der Waals surface area contributed by atoms with Gasteiger partial charge in [-0.2, -0.15) is 0 Å². The molecule has 0 unspecified atom stereocenters. The maximum atomic E-state index is 13.2. The molecule has 0 bridgehead atoms. The van der Waals surface area contributed by atoms with Gasteiger partial charge in [0.25, 0.3) is 0 Å². The number of amides is 2. The van der Waals surface area contributed by atoms with Crippen molar-refractivity contribution in [3.63, 3.8) is 0 Å². The SMILES string of the molecule is COc1ccc(N2C[C@H](C(=O)N3CCc4cc(OC)c(OC)cc4C3)CC2=O)cc1Cl. The van der Waals surface area contributed by atoms with E-state index in [4.69, 9.17) is 25.8 Å². The summed E-state index contributed by atoms with van der Waals surface area (Å²) in [5.41, 5.74) is 2.87. The summed E-state index contributed by atoms with van der Waals surface area (Å²) in [6.45, 7) is 1.45. The molecule has 0 spiro atoms. The number of methoxy groups -OCH3 is 3. The van der Waals surface area contributed by atoms with Gasteiger partial charge < -0.3 is 24.0 Å². The lowest BCUT2D eigenvalue weighted by Gasteiger charge is -2.31. The summed E-state index contributed by atoms with van der Waals surface area (Å²) >= 11 is 6.21. The third-order valence-electron chi connectivity index (χ3n) is 5.95. The second-order valence-corrected chi connectivity index (χ2v) is 8.12. The van der Waals surface area contributed by atoms with Crippen LogP contribution in [0.25, 0.3) is 0 Å². The minimum Gasteiger partial charge on any atom is -0.495 e. The molecule has 1 atom stereocenters. The Kier molecular flexibility index (Phi) is 5.96. The highest BCUT2D eigenvalue weighted by molar-refractivity contribution is 6.32. The summed E-state index contributed by atoms with van der Waals surface area (Å²) in [6, 6.07) is 9.11. The number of halogens is 1. The van der Waals surface area contributed by atoms with Crippen LogP contribution >= 0.6 is 11.6 Å². The number of nitrogens with zero attached hydrogens (tertiary/aromatic N) is 2. The first-order valence-electron chi connectivity index (χ1n) is 10.1. The Morgan fingerprint density at radius 2 is 1.68 bits per heavy atom. The van der Waals surface area contributed by atoms with E-state index in [-0.39, 0.29) is 24.2 Å². The van der Waals surface area contributed by atoms with E-state index in [1.165, 1.54) is 0 Å². The molecule has 2 amide bonds. The predicted molar refractivity (Wildman–Crippen MR) is 117 cm³/mol. The average Bonchev–Trinajstić information content (AvgIpc) is 3.18. The standard InChI is InChI=1S/C23H25ClN2O5/c1-29-19-5-4-17(11-18(19)24)26-13-16(10-22(26)27)23(28)25-7-6-14-8-20(30-2)21(31-3)9-15(14)12-25/h4-5,8-9,11,16H,6-7,10,12-13H2,1-3H3/t16-/m1/s1. The van der Waals surface area contributed by atoms with E-state index in [1.807, 2.05) is 17.0 Å². The molecule has 0 N–H and O–H groups in total. The quantitative estimate of drug-likeness (QED) is 0.707. The number of carbonyl (C=O) groups excluding carboxylic acids is 2. The molecule has 164 valence electrons. The Hall–Kier alpha value is -2.93. The smallest absolute Gasteiger partial charge is 0.228 e. The molecule has 0 aromatic heterocycles. The van der Waals surface area contributed by atoms with Crippen LogP contribution in [0, 0.1) is 5.92 Å². The second-order valence-electron chi connectivity index (χ2n) is 7.71. The molecule has 2 aromatic carbocycles. The van der Waals surface area contributed by atoms with Crippen LogP contribution in [0.4, 0.5) is 5.69 Å². The second kappa shape index (κ2) is 8.67. The van der Waals surface area contributed by atoms with Crippen LogP contribution in [0.2, 0.25) is 5.02 Å². The van der Waals surface area contributed by atoms with Gasteiger partial charge in [0, 0.05) is 31.7 Å². The first-order valence-corrected chi connectivity index (χ1v) is 10.5. The number of rotatable bonds is 5. The zero-order valence-corrected chi connectivity index (χ0v) is 18.6. The van der Waals surface area contributed by atoms with E-state index >= 15 is 0 Å². The molecule has 1 saturated heterocycles. The lowest BCUT2D eigenvalue weighted by molar-refractivity contribution is -0.136. The molecular weight excluding hydrogens is 420 g/mol. The molecule has 0 radical (unpaired) electrons. The van der Waals surface area contributed by atoms with Gasteiger partial charge in [0.2, 0.25) is 11.8 Å². The van der Waals surface area contributed by atoms with Gasteiger partial charge in [-0.05, 0) is 47.9 Å². The highest BCUT2D eigenvalue weighted by Gasteiger charge is 2.38. The fourth-order valence-corrected chi connectivity index (χ4v) is 4.53. The van der Waals surface area contributed by atoms with Crippen molar-refractivity contribution in [2.24, 2.45) is 5.92 Å². The van der Waals surface area contributed by atoms with Gasteiger partial charge in [0.15, 0.2) is 11.5 Å². The lowest BCUT2D eigenvalue weighted by Crippen LogP contribution is -2.40. The Morgan fingerprint density at radius 3 is 2.32 bits per heavy atom. The minimum atomic E-state index is -0.380. The van der Waals surface area contributed by atoms with Gasteiger partial charge >= 0.3 is 0 Å². The van der Waals surface area contributed by atoms with Crippen LogP contribution in [-0.2, 0) is 22.6 Å². The summed E-state index contributed by atoms with van der Waals surface area (Å²) in [5.74, 6) is 1.42. The number of hydrogen-bond donors (Lipinski definition) is 0. The molecule has 2 heterocycles. The Balaban J connectivity index is 1.48. The first-order chi connectivity index (χ1) is 14.9. The Labute approximate surface area is 186 Å². The zero-order chi connectivity index (χ0) is 22.1. The Morgan fingerprint density at radius 1 is 1.00 bits per heavy atom. The average molecular weight is 445 g/mol. The summed E-state index contributed by atoms with van der Waals surface area (Å²) in [7, 11) is 4.75. The summed E-state index contributed by atoms with van der Waals surface area (Å²) in [4.78, 5) is 29.3. The van der Waals surface area contributed by atoms with Crippen LogP contribution in [0.15, 0.2) is 30.3 Å². The fraction of sp³-hybridized carbons (Fsp3) is 0.391. The number of fused-ring (bicyclic) bond motifs is 1. The molecule has 2 aliphatic rings. The van der Waals surface area contributed by atoms with Crippen LogP contribution in [0.1, 0.15) is 17.5 Å². The molecule has 0 saturated carbocycles. The predicted octanol–water partition coefficient (Wildman–Crippen LogP) is 3.30. The van der Waals surface area contributed by atoms with Crippen molar-refractivity contribution in [3.8, 4) is 17.2 Å². The van der Waals surface area contributed by atoms with Gasteiger partial charge in [-0.3, -0.25) is 9.59 Å². The third-order valence-corrected chi connectivity index (χ3v) is 6.25. The zero-order valence-electron chi connectivity index (χ0n) is 17.8. The normalized spacial score (nSPS) is 18.1. The summed E-state index contributed by atoms with van der Waals surface area (Å²) < 4.78 is 16.0. The number of ether oxygens (including phenoxy) is 3. The van der Waals surface area contributed by atoms with Crippen LogP contribution in [-0.4, -0.2) is 51.1 Å². The number of carbonyl (C=O) groups is 2. The number of benzene rings is 2. The van der Waals surface area contributed by atoms with Gasteiger partial charge in [0.1, 0.15) is 5.75 Å². The largest absolute Gasteiger partial charge is 0.495 e. The third kappa shape index (κ3) is 4.02. The fourth-order valence-electron chi connectivity index (χ4n) is 4.28.